The van der Waals surface area contributed by atoms with Crippen LogP contribution in [-0.2, 0) is 11.3 Å². The van der Waals surface area contributed by atoms with Gasteiger partial charge in [0.15, 0.2) is 0 Å². The van der Waals surface area contributed by atoms with E-state index >= 15 is 0 Å². The number of hydrogen-bond donors (Lipinski definition) is 0. The summed E-state index contributed by atoms with van der Waals surface area (Å²) in [6, 6.07) is 8.00. The first-order valence-electron chi connectivity index (χ1n) is 5.72. The summed E-state index contributed by atoms with van der Waals surface area (Å²) >= 11 is 3.46. The van der Waals surface area contributed by atoms with Crippen LogP contribution in [0.3, 0.4) is 0 Å². The molecule has 5 nitrogen and oxygen atoms in total. The van der Waals surface area contributed by atoms with Crippen molar-refractivity contribution in [2.24, 2.45) is 0 Å². The van der Waals surface area contributed by atoms with E-state index in [-0.39, 0.29) is 0 Å². The molecule has 19 heavy (non-hydrogen) atoms. The van der Waals surface area contributed by atoms with Crippen LogP contribution in [0.25, 0.3) is 16.6 Å². The maximum atomic E-state index is 5.03. The van der Waals surface area contributed by atoms with Crippen LogP contribution in [0.1, 0.15) is 5.69 Å². The maximum Gasteiger partial charge on any atom is 0.109 e. The number of nitrogens with zero attached hydrogens (tertiary/aromatic N) is 4. The van der Waals surface area contributed by atoms with Gasteiger partial charge in [0.1, 0.15) is 5.69 Å². The molecule has 0 radical (unpaired) electrons. The Morgan fingerprint density at radius 1 is 1.32 bits per heavy atom. The van der Waals surface area contributed by atoms with E-state index < -0.39 is 0 Å². The third-order valence-electron chi connectivity index (χ3n) is 2.73. The minimum atomic E-state index is 0.451. The first-order valence-corrected chi connectivity index (χ1v) is 6.51. The number of rotatable bonds is 3. The van der Waals surface area contributed by atoms with Gasteiger partial charge in [-0.2, -0.15) is 0 Å². The average molecular weight is 319 g/mol. The summed E-state index contributed by atoms with van der Waals surface area (Å²) in [5, 5.41) is 9.15. The summed E-state index contributed by atoms with van der Waals surface area (Å²) in [5.74, 6) is 0. The van der Waals surface area contributed by atoms with Crippen molar-refractivity contribution in [3.63, 3.8) is 0 Å². The molecule has 3 rings (SSSR count). The Balaban J connectivity index is 2.03. The highest BCUT2D eigenvalue weighted by Crippen LogP contribution is 2.20. The lowest BCUT2D eigenvalue weighted by atomic mass is 10.2. The van der Waals surface area contributed by atoms with E-state index in [1.54, 1.807) is 18.0 Å². The Morgan fingerprint density at radius 2 is 2.21 bits per heavy atom. The molecule has 1 aromatic carbocycles. The molecular weight excluding hydrogens is 308 g/mol. The fourth-order valence-electron chi connectivity index (χ4n) is 1.85. The van der Waals surface area contributed by atoms with Crippen molar-refractivity contribution in [2.45, 2.75) is 6.61 Å². The zero-order chi connectivity index (χ0) is 13.2. The van der Waals surface area contributed by atoms with Crippen LogP contribution in [0, 0.1) is 0 Å². The normalized spacial score (nSPS) is 11.1. The highest BCUT2D eigenvalue weighted by molar-refractivity contribution is 9.10. The quantitative estimate of drug-likeness (QED) is 0.745. The molecule has 96 valence electrons. The Kier molecular flexibility index (Phi) is 3.27. The lowest BCUT2D eigenvalue weighted by molar-refractivity contribution is 0.181. The number of aromatic nitrogens is 4. The molecule has 0 unspecified atom stereocenters. The molecule has 0 fully saturated rings. The molecule has 0 amide bonds. The van der Waals surface area contributed by atoms with Crippen LogP contribution in [0.5, 0.6) is 0 Å². The molecule has 0 aliphatic heterocycles. The Morgan fingerprint density at radius 3 is 3.05 bits per heavy atom. The van der Waals surface area contributed by atoms with E-state index in [0.29, 0.717) is 6.61 Å². The van der Waals surface area contributed by atoms with E-state index in [1.807, 2.05) is 30.5 Å². The average Bonchev–Trinajstić information content (AvgIpc) is 2.87. The number of methoxy groups -OCH3 is 1. The van der Waals surface area contributed by atoms with Crippen LogP contribution < -0.4 is 0 Å². The Bertz CT molecular complexity index is 725. The van der Waals surface area contributed by atoms with Gasteiger partial charge in [-0.15, -0.1) is 5.10 Å². The van der Waals surface area contributed by atoms with Crippen LogP contribution in [0.2, 0.25) is 0 Å². The van der Waals surface area contributed by atoms with Crippen LogP contribution in [-0.4, -0.2) is 27.1 Å². The second kappa shape index (κ2) is 5.07. The molecule has 0 bridgehead atoms. The Labute approximate surface area is 118 Å². The molecule has 0 aliphatic rings. The minimum Gasteiger partial charge on any atom is -0.378 e. The third-order valence-corrected chi connectivity index (χ3v) is 3.22. The number of hydrogen-bond acceptors (Lipinski definition) is 4. The molecule has 0 saturated carbocycles. The molecule has 3 aromatic rings. The molecule has 2 aromatic heterocycles. The maximum absolute atomic E-state index is 5.03. The van der Waals surface area contributed by atoms with Crippen molar-refractivity contribution < 1.29 is 4.74 Å². The van der Waals surface area contributed by atoms with Crippen LogP contribution in [0.4, 0.5) is 0 Å². The van der Waals surface area contributed by atoms with Gasteiger partial charge in [-0.25, -0.2) is 4.68 Å². The van der Waals surface area contributed by atoms with Gasteiger partial charge in [-0.05, 0) is 24.3 Å². The highest BCUT2D eigenvalue weighted by atomic mass is 79.9. The zero-order valence-corrected chi connectivity index (χ0v) is 11.8. The summed E-state index contributed by atoms with van der Waals surface area (Å²) in [6.07, 6.45) is 3.62. The molecule has 0 saturated heterocycles. The predicted octanol–water partition coefficient (Wildman–Crippen LogP) is 2.72. The van der Waals surface area contributed by atoms with Crippen molar-refractivity contribution in [1.82, 2.24) is 20.0 Å². The number of ether oxygens (including phenoxy) is 1. The second-order valence-corrected chi connectivity index (χ2v) is 5.03. The van der Waals surface area contributed by atoms with E-state index in [4.69, 9.17) is 4.74 Å². The molecule has 2 heterocycles. The van der Waals surface area contributed by atoms with Crippen molar-refractivity contribution >= 4 is 26.8 Å². The zero-order valence-electron chi connectivity index (χ0n) is 10.2. The molecule has 0 N–H and O–H groups in total. The molecular formula is C13H11BrN4O. The fraction of sp³-hybridized carbons (Fsp3) is 0.154. The lowest BCUT2D eigenvalue weighted by Gasteiger charge is -2.02. The summed E-state index contributed by atoms with van der Waals surface area (Å²) in [4.78, 5) is 4.41. The summed E-state index contributed by atoms with van der Waals surface area (Å²) in [7, 11) is 1.63. The smallest absolute Gasteiger partial charge is 0.109 e. The first-order chi connectivity index (χ1) is 9.26. The highest BCUT2D eigenvalue weighted by Gasteiger charge is 2.04. The van der Waals surface area contributed by atoms with Gasteiger partial charge in [-0.3, -0.25) is 4.98 Å². The molecule has 0 atom stereocenters. The van der Waals surface area contributed by atoms with E-state index in [9.17, 15) is 0 Å². The minimum absolute atomic E-state index is 0.451. The topological polar surface area (TPSA) is 52.8 Å². The predicted molar refractivity (Wildman–Crippen MR) is 75.1 cm³/mol. The fourth-order valence-corrected chi connectivity index (χ4v) is 2.23. The second-order valence-electron chi connectivity index (χ2n) is 4.12. The standard InChI is InChI=1S/C13H11BrN4O/c1-19-8-11-7-18(17-16-11)12-5-9-4-10(14)2-3-13(9)15-6-12/h2-7H,8H2,1H3. The van der Waals surface area contributed by atoms with E-state index in [2.05, 4.69) is 31.2 Å². The van der Waals surface area contributed by atoms with Crippen molar-refractivity contribution in [3.05, 3.63) is 46.8 Å². The van der Waals surface area contributed by atoms with Gasteiger partial charge in [0, 0.05) is 17.0 Å². The summed E-state index contributed by atoms with van der Waals surface area (Å²) in [6.45, 7) is 0.451. The van der Waals surface area contributed by atoms with Crippen LogP contribution >= 0.6 is 15.9 Å². The third kappa shape index (κ3) is 2.50. The summed E-state index contributed by atoms with van der Waals surface area (Å²) in [5.41, 5.74) is 2.61. The van der Waals surface area contributed by atoms with E-state index in [0.717, 1.165) is 26.8 Å². The number of halogens is 1. The van der Waals surface area contributed by atoms with Crippen molar-refractivity contribution in [2.75, 3.05) is 7.11 Å². The Hall–Kier alpha value is -1.79. The number of pyridine rings is 1. The summed E-state index contributed by atoms with van der Waals surface area (Å²) < 4.78 is 7.75. The van der Waals surface area contributed by atoms with Gasteiger partial charge < -0.3 is 4.74 Å². The van der Waals surface area contributed by atoms with Crippen LogP contribution in [0.15, 0.2) is 41.1 Å². The lowest BCUT2D eigenvalue weighted by Crippen LogP contribution is -1.96. The number of benzene rings is 1. The largest absolute Gasteiger partial charge is 0.378 e. The molecule has 0 spiro atoms. The SMILES string of the molecule is COCc1cn(-c2cnc3ccc(Br)cc3c2)nn1. The van der Waals surface area contributed by atoms with Gasteiger partial charge in [0.25, 0.3) is 0 Å². The van der Waals surface area contributed by atoms with E-state index in [1.165, 1.54) is 0 Å². The van der Waals surface area contributed by atoms with Gasteiger partial charge in [0.05, 0.1) is 30.2 Å². The van der Waals surface area contributed by atoms with Crippen molar-refractivity contribution in [1.29, 1.82) is 0 Å². The van der Waals surface area contributed by atoms with Gasteiger partial charge >= 0.3 is 0 Å². The number of fused-ring (bicyclic) bond motifs is 1. The van der Waals surface area contributed by atoms with Gasteiger partial charge in [0.2, 0.25) is 0 Å². The molecule has 6 heteroatoms. The van der Waals surface area contributed by atoms with Gasteiger partial charge in [-0.1, -0.05) is 21.1 Å². The monoisotopic (exact) mass is 318 g/mol. The first kappa shape index (κ1) is 12.3. The van der Waals surface area contributed by atoms with Crippen molar-refractivity contribution in [3.8, 4) is 5.69 Å². The molecule has 0 aliphatic carbocycles.